The fourth-order valence-electron chi connectivity index (χ4n) is 0.419. The zero-order valence-electron chi connectivity index (χ0n) is 6.80. The van der Waals surface area contributed by atoms with Crippen LogP contribution in [0.25, 0.3) is 0 Å². The largest absolute Gasteiger partial charge is 1.00 e. The average Bonchev–Trinajstić information content (AvgIpc) is 1.88. The van der Waals surface area contributed by atoms with E-state index in [1.807, 2.05) is 0 Å². The molecule has 11 heavy (non-hydrogen) atoms. The van der Waals surface area contributed by atoms with E-state index in [4.69, 9.17) is 4.55 Å². The Balaban J connectivity index is 0. The van der Waals surface area contributed by atoms with Crippen LogP contribution in [0.15, 0.2) is 23.6 Å². The molecule has 1 rings (SSSR count). The van der Waals surface area contributed by atoms with Gasteiger partial charge < -0.3 is 1.43 Å². The SMILES string of the molecule is O=S(=O)(O)c1cnccn1.[H-].[Na+]. The third-order valence-corrected chi connectivity index (χ3v) is 1.54. The molecule has 0 saturated heterocycles. The van der Waals surface area contributed by atoms with E-state index in [1.165, 1.54) is 12.4 Å². The summed E-state index contributed by atoms with van der Waals surface area (Å²) in [6.45, 7) is 0. The monoisotopic (exact) mass is 184 g/mol. The van der Waals surface area contributed by atoms with Crippen molar-refractivity contribution in [2.24, 2.45) is 0 Å². The van der Waals surface area contributed by atoms with Crippen LogP contribution >= 0.6 is 0 Å². The fourth-order valence-corrected chi connectivity index (χ4v) is 0.807. The predicted molar refractivity (Wildman–Crippen MR) is 33.0 cm³/mol. The van der Waals surface area contributed by atoms with Crippen LogP contribution in [0, 0.1) is 0 Å². The average molecular weight is 184 g/mol. The van der Waals surface area contributed by atoms with Gasteiger partial charge in [0, 0.05) is 12.4 Å². The Kier molecular flexibility index (Phi) is 4.12. The van der Waals surface area contributed by atoms with E-state index in [0.29, 0.717) is 0 Å². The first-order chi connectivity index (χ1) is 4.61. The molecule has 0 aliphatic rings. The molecule has 1 heterocycles. The van der Waals surface area contributed by atoms with Crippen molar-refractivity contribution in [1.82, 2.24) is 9.97 Å². The normalized spacial score (nSPS) is 10.3. The smallest absolute Gasteiger partial charge is 1.00 e. The molecule has 0 aromatic carbocycles. The van der Waals surface area contributed by atoms with E-state index in [1.54, 1.807) is 0 Å². The van der Waals surface area contributed by atoms with E-state index >= 15 is 0 Å². The first-order valence-corrected chi connectivity index (χ1v) is 3.78. The van der Waals surface area contributed by atoms with Gasteiger partial charge in [-0.05, 0) is 0 Å². The van der Waals surface area contributed by atoms with Crippen LogP contribution in [-0.4, -0.2) is 22.9 Å². The molecule has 0 aliphatic heterocycles. The molecule has 1 aromatic rings. The molecule has 7 heteroatoms. The second-order valence-corrected chi connectivity index (χ2v) is 2.89. The Morgan fingerprint density at radius 2 is 2.09 bits per heavy atom. The Labute approximate surface area is 87.4 Å². The Bertz CT molecular complexity index is 316. The number of aromatic nitrogens is 2. The second-order valence-electron chi connectivity index (χ2n) is 1.52. The molecule has 0 amide bonds. The van der Waals surface area contributed by atoms with Crippen LogP contribution in [0.2, 0.25) is 0 Å². The van der Waals surface area contributed by atoms with Crippen LogP contribution in [0.5, 0.6) is 0 Å². The zero-order valence-corrected chi connectivity index (χ0v) is 8.61. The van der Waals surface area contributed by atoms with Gasteiger partial charge in [0.15, 0.2) is 0 Å². The third kappa shape index (κ3) is 3.26. The van der Waals surface area contributed by atoms with Crippen molar-refractivity contribution in [2.45, 2.75) is 5.03 Å². The topological polar surface area (TPSA) is 80.2 Å². The summed E-state index contributed by atoms with van der Waals surface area (Å²) < 4.78 is 28.9. The van der Waals surface area contributed by atoms with Gasteiger partial charge in [-0.3, -0.25) is 9.54 Å². The molecule has 1 aromatic heterocycles. The summed E-state index contributed by atoms with van der Waals surface area (Å²) in [6, 6.07) is 0. The Morgan fingerprint density at radius 3 is 2.36 bits per heavy atom. The van der Waals surface area contributed by atoms with Crippen molar-refractivity contribution >= 4 is 10.1 Å². The van der Waals surface area contributed by atoms with Crippen molar-refractivity contribution in [1.29, 1.82) is 0 Å². The number of rotatable bonds is 1. The minimum absolute atomic E-state index is 0. The van der Waals surface area contributed by atoms with Crippen LogP contribution in [0.1, 0.15) is 1.43 Å². The van der Waals surface area contributed by atoms with E-state index in [0.717, 1.165) is 6.20 Å². The second kappa shape index (κ2) is 4.13. The predicted octanol–water partition coefficient (Wildman–Crippen LogP) is -3.16. The Hall–Kier alpha value is -0.0100. The van der Waals surface area contributed by atoms with E-state index < -0.39 is 15.1 Å². The van der Waals surface area contributed by atoms with Gasteiger partial charge in [-0.2, -0.15) is 8.42 Å². The molecule has 0 aliphatic carbocycles. The van der Waals surface area contributed by atoms with Crippen LogP contribution < -0.4 is 29.6 Å². The molecular formula is C4H5N2NaO3S. The zero-order chi connectivity index (χ0) is 7.61. The van der Waals surface area contributed by atoms with Crippen molar-refractivity contribution in [3.8, 4) is 0 Å². The van der Waals surface area contributed by atoms with Gasteiger partial charge in [0.2, 0.25) is 5.03 Å². The summed E-state index contributed by atoms with van der Waals surface area (Å²) in [5.41, 5.74) is 0. The summed E-state index contributed by atoms with van der Waals surface area (Å²) in [7, 11) is -4.18. The fraction of sp³-hybridized carbons (Fsp3) is 0. The van der Waals surface area contributed by atoms with Crippen LogP contribution in [-0.2, 0) is 10.1 Å². The minimum Gasteiger partial charge on any atom is -1.00 e. The first-order valence-electron chi connectivity index (χ1n) is 2.34. The molecule has 0 spiro atoms. The van der Waals surface area contributed by atoms with Crippen LogP contribution in [0.3, 0.4) is 0 Å². The van der Waals surface area contributed by atoms with E-state index in [2.05, 4.69) is 9.97 Å². The number of nitrogens with zero attached hydrogens (tertiary/aromatic N) is 2. The van der Waals surface area contributed by atoms with Gasteiger partial charge >= 0.3 is 39.7 Å². The summed E-state index contributed by atoms with van der Waals surface area (Å²) >= 11 is 0. The maximum Gasteiger partial charge on any atom is 1.00 e. The molecule has 1 N–H and O–H groups in total. The van der Waals surface area contributed by atoms with Gasteiger partial charge in [0.05, 0.1) is 6.20 Å². The minimum atomic E-state index is -4.18. The van der Waals surface area contributed by atoms with E-state index in [-0.39, 0.29) is 31.0 Å². The molecule has 56 valence electrons. The summed E-state index contributed by atoms with van der Waals surface area (Å²) in [6.07, 6.45) is 3.47. The third-order valence-electron chi connectivity index (χ3n) is 0.804. The van der Waals surface area contributed by atoms with Gasteiger partial charge in [0.1, 0.15) is 0 Å². The molecule has 0 unspecified atom stereocenters. The molecule has 0 fully saturated rings. The molecule has 0 radical (unpaired) electrons. The standard InChI is InChI=1S/C4H4N2O3S.Na.H/c7-10(8,9)4-3-5-1-2-6-4;;/h1-3H,(H,7,8,9);;/q;+1;-1. The summed E-state index contributed by atoms with van der Waals surface area (Å²) in [4.78, 5) is 6.80. The van der Waals surface area contributed by atoms with Gasteiger partial charge in [0.25, 0.3) is 0 Å². The number of hydrogen-bond acceptors (Lipinski definition) is 4. The quantitative estimate of drug-likeness (QED) is 0.368. The summed E-state index contributed by atoms with van der Waals surface area (Å²) in [5, 5.41) is -0.435. The Morgan fingerprint density at radius 1 is 1.45 bits per heavy atom. The van der Waals surface area contributed by atoms with Crippen molar-refractivity contribution in [2.75, 3.05) is 0 Å². The van der Waals surface area contributed by atoms with Crippen LogP contribution in [0.4, 0.5) is 0 Å². The maximum atomic E-state index is 10.3. The van der Waals surface area contributed by atoms with Gasteiger partial charge in [-0.15, -0.1) is 0 Å². The molecule has 0 bridgehead atoms. The number of hydrogen-bond donors (Lipinski definition) is 1. The molecular weight excluding hydrogens is 179 g/mol. The first kappa shape index (κ1) is 11.0. The molecule has 0 atom stereocenters. The van der Waals surface area contributed by atoms with Gasteiger partial charge in [-0.25, -0.2) is 4.98 Å². The van der Waals surface area contributed by atoms with E-state index in [9.17, 15) is 8.42 Å². The maximum absolute atomic E-state index is 10.3. The van der Waals surface area contributed by atoms with Crippen molar-refractivity contribution in [3.05, 3.63) is 18.6 Å². The summed E-state index contributed by atoms with van der Waals surface area (Å²) in [5.74, 6) is 0. The van der Waals surface area contributed by atoms with Gasteiger partial charge in [-0.1, -0.05) is 0 Å². The van der Waals surface area contributed by atoms with Crippen molar-refractivity contribution < 1.29 is 44.0 Å². The molecule has 0 saturated carbocycles. The molecule has 5 nitrogen and oxygen atoms in total. The van der Waals surface area contributed by atoms with Crippen molar-refractivity contribution in [3.63, 3.8) is 0 Å².